The van der Waals surface area contributed by atoms with Crippen LogP contribution in [-0.2, 0) is 14.4 Å². The van der Waals surface area contributed by atoms with Crippen LogP contribution in [0.4, 0.5) is 0 Å². The maximum absolute atomic E-state index is 11.0. The van der Waals surface area contributed by atoms with Gasteiger partial charge in [0.2, 0.25) is 0 Å². The molecule has 0 rings (SSSR count). The summed E-state index contributed by atoms with van der Waals surface area (Å²) >= 11 is 0. The molecule has 0 amide bonds. The summed E-state index contributed by atoms with van der Waals surface area (Å²) in [5.41, 5.74) is 0. The third-order valence-electron chi connectivity index (χ3n) is 8.12. The molecule has 7 heteroatoms. The number of carbonyl (C=O) groups is 3. The first kappa shape index (κ1) is 39.1. The SMILES string of the molecule is CCCCCCCCCCCCCCCCC/C=C/[N+](CCCCC(=O)[O-])(CCCCC(=O)O)CCCCC(=O)O. The van der Waals surface area contributed by atoms with E-state index in [4.69, 9.17) is 10.2 Å². The predicted molar refractivity (Wildman–Crippen MR) is 165 cm³/mol. The minimum absolute atomic E-state index is 0.0425. The molecule has 0 aliphatic carbocycles. The molecule has 0 aromatic carbocycles. The summed E-state index contributed by atoms with van der Waals surface area (Å²) in [5.74, 6) is -2.61. The second-order valence-electron chi connectivity index (χ2n) is 12.0. The van der Waals surface area contributed by atoms with Crippen molar-refractivity contribution < 1.29 is 34.2 Å². The second-order valence-corrected chi connectivity index (χ2v) is 12.0. The molecule has 0 aliphatic rings. The van der Waals surface area contributed by atoms with Crippen LogP contribution in [-0.4, -0.2) is 52.2 Å². The van der Waals surface area contributed by atoms with E-state index in [0.29, 0.717) is 23.7 Å². The molecular formula is C34H63NO6. The van der Waals surface area contributed by atoms with Crippen LogP contribution in [0, 0.1) is 0 Å². The van der Waals surface area contributed by atoms with Crippen molar-refractivity contribution in [2.75, 3.05) is 19.6 Å². The number of rotatable bonds is 32. The van der Waals surface area contributed by atoms with E-state index in [2.05, 4.69) is 19.2 Å². The molecule has 0 aliphatic heterocycles. The fourth-order valence-corrected chi connectivity index (χ4v) is 5.59. The van der Waals surface area contributed by atoms with Gasteiger partial charge in [0.05, 0.1) is 25.8 Å². The average Bonchev–Trinajstić information content (AvgIpc) is 2.93. The number of quaternary nitrogens is 1. The number of aliphatic carboxylic acids is 3. The lowest BCUT2D eigenvalue weighted by Crippen LogP contribution is -2.45. The number of carboxylic acid groups (broad SMARTS) is 3. The maximum Gasteiger partial charge on any atom is 0.303 e. The Hall–Kier alpha value is -1.89. The highest BCUT2D eigenvalue weighted by Crippen LogP contribution is 2.19. The third-order valence-corrected chi connectivity index (χ3v) is 8.12. The fourth-order valence-electron chi connectivity index (χ4n) is 5.59. The Morgan fingerprint density at radius 1 is 0.537 bits per heavy atom. The quantitative estimate of drug-likeness (QED) is 0.0614. The summed E-state index contributed by atoms with van der Waals surface area (Å²) < 4.78 is 0.672. The monoisotopic (exact) mass is 581 g/mol. The van der Waals surface area contributed by atoms with Crippen LogP contribution in [0.3, 0.4) is 0 Å². The van der Waals surface area contributed by atoms with Crippen molar-refractivity contribution >= 4 is 17.9 Å². The van der Waals surface area contributed by atoms with Crippen molar-refractivity contribution in [1.29, 1.82) is 0 Å². The zero-order valence-corrected chi connectivity index (χ0v) is 26.4. The highest BCUT2D eigenvalue weighted by molar-refractivity contribution is 5.66. The minimum Gasteiger partial charge on any atom is -0.550 e. The number of carboxylic acids is 3. The number of unbranched alkanes of at least 4 members (excludes halogenated alkanes) is 18. The Morgan fingerprint density at radius 2 is 0.902 bits per heavy atom. The van der Waals surface area contributed by atoms with Crippen LogP contribution >= 0.6 is 0 Å². The number of allylic oxidation sites excluding steroid dienone is 1. The molecule has 0 aromatic heterocycles. The van der Waals surface area contributed by atoms with Crippen LogP contribution in [0.15, 0.2) is 12.3 Å². The lowest BCUT2D eigenvalue weighted by atomic mass is 10.0. The van der Waals surface area contributed by atoms with Gasteiger partial charge in [0, 0.05) is 18.8 Å². The predicted octanol–water partition coefficient (Wildman–Crippen LogP) is 8.01. The topological polar surface area (TPSA) is 115 Å². The van der Waals surface area contributed by atoms with E-state index in [1.165, 1.54) is 89.9 Å². The van der Waals surface area contributed by atoms with Crippen molar-refractivity contribution in [1.82, 2.24) is 0 Å². The molecule has 2 N–H and O–H groups in total. The van der Waals surface area contributed by atoms with E-state index < -0.39 is 17.9 Å². The molecule has 0 spiro atoms. The summed E-state index contributed by atoms with van der Waals surface area (Å²) in [4.78, 5) is 32.8. The number of hydrogen-bond acceptors (Lipinski definition) is 4. The number of carbonyl (C=O) groups excluding carboxylic acids is 1. The van der Waals surface area contributed by atoms with E-state index in [-0.39, 0.29) is 19.3 Å². The first-order chi connectivity index (χ1) is 19.8. The van der Waals surface area contributed by atoms with Crippen molar-refractivity contribution in [3.05, 3.63) is 12.3 Å². The highest BCUT2D eigenvalue weighted by Gasteiger charge is 2.24. The largest absolute Gasteiger partial charge is 0.550 e. The van der Waals surface area contributed by atoms with Crippen LogP contribution < -0.4 is 5.11 Å². The van der Waals surface area contributed by atoms with Gasteiger partial charge in [-0.15, -0.1) is 0 Å². The Kier molecular flexibility index (Phi) is 26.9. The van der Waals surface area contributed by atoms with Gasteiger partial charge in [-0.3, -0.25) is 14.1 Å². The van der Waals surface area contributed by atoms with E-state index in [9.17, 15) is 19.5 Å². The molecule has 0 fully saturated rings. The first-order valence-electron chi connectivity index (χ1n) is 17.0. The standard InChI is InChI=1S/C34H63NO6/c1-2-3-4-5-6-7-8-9-10-11-12-13-14-15-16-17-21-28-35(29-22-18-25-32(36)37,30-23-19-26-33(38)39)31-24-20-27-34(40)41/h21,28H,2-20,22-27,29-31H2,1H3,(H2-,36,37,38,39,40,41)/b28-21+. The lowest BCUT2D eigenvalue weighted by Gasteiger charge is -2.35. The summed E-state index contributed by atoms with van der Waals surface area (Å²) in [6, 6.07) is 0. The Balaban J connectivity index is 4.46. The van der Waals surface area contributed by atoms with E-state index >= 15 is 0 Å². The molecule has 7 nitrogen and oxygen atoms in total. The van der Waals surface area contributed by atoms with Gasteiger partial charge in [-0.05, 0) is 63.9 Å². The van der Waals surface area contributed by atoms with Crippen molar-refractivity contribution in [2.45, 2.75) is 167 Å². The molecule has 0 saturated heterocycles. The molecule has 0 heterocycles. The summed E-state index contributed by atoms with van der Waals surface area (Å²) in [5, 5.41) is 28.9. The smallest absolute Gasteiger partial charge is 0.303 e. The van der Waals surface area contributed by atoms with Crippen LogP contribution in [0.25, 0.3) is 0 Å². The van der Waals surface area contributed by atoms with Crippen molar-refractivity contribution in [3.8, 4) is 0 Å². The van der Waals surface area contributed by atoms with Crippen LogP contribution in [0.2, 0.25) is 0 Å². The van der Waals surface area contributed by atoms with Gasteiger partial charge in [0.1, 0.15) is 0 Å². The van der Waals surface area contributed by atoms with Gasteiger partial charge in [-0.2, -0.15) is 0 Å². The third kappa shape index (κ3) is 28.0. The van der Waals surface area contributed by atoms with E-state index in [0.717, 1.165) is 51.7 Å². The van der Waals surface area contributed by atoms with Gasteiger partial charge in [-0.1, -0.05) is 96.8 Å². The van der Waals surface area contributed by atoms with Gasteiger partial charge < -0.3 is 20.1 Å². The zero-order valence-electron chi connectivity index (χ0n) is 26.4. The molecule has 0 atom stereocenters. The highest BCUT2D eigenvalue weighted by atomic mass is 16.4. The summed E-state index contributed by atoms with van der Waals surface area (Å²) in [6.07, 6.45) is 30.0. The van der Waals surface area contributed by atoms with Crippen LogP contribution in [0.5, 0.6) is 0 Å². The zero-order chi connectivity index (χ0) is 30.4. The van der Waals surface area contributed by atoms with E-state index in [1.54, 1.807) is 0 Å². The Bertz CT molecular complexity index is 623. The Labute approximate surface area is 251 Å². The van der Waals surface area contributed by atoms with E-state index in [1.807, 2.05) is 0 Å². The normalized spacial score (nSPS) is 11.8. The van der Waals surface area contributed by atoms with Gasteiger partial charge in [-0.25, -0.2) is 0 Å². The molecule has 0 bridgehead atoms. The number of hydrogen-bond donors (Lipinski definition) is 2. The maximum atomic E-state index is 11.0. The van der Waals surface area contributed by atoms with Crippen molar-refractivity contribution in [2.24, 2.45) is 0 Å². The molecule has 240 valence electrons. The number of nitrogens with zero attached hydrogens (tertiary/aromatic N) is 1. The molecule has 0 radical (unpaired) electrons. The average molecular weight is 582 g/mol. The first-order valence-corrected chi connectivity index (χ1v) is 17.0. The second kappa shape index (κ2) is 28.2. The van der Waals surface area contributed by atoms with Crippen LogP contribution in [0.1, 0.15) is 167 Å². The Morgan fingerprint density at radius 3 is 1.27 bits per heavy atom. The molecule has 0 unspecified atom stereocenters. The molecule has 0 aromatic rings. The van der Waals surface area contributed by atoms with Gasteiger partial charge in [0.15, 0.2) is 0 Å². The summed E-state index contributed by atoms with van der Waals surface area (Å²) in [6.45, 7) is 4.63. The lowest BCUT2D eigenvalue weighted by molar-refractivity contribution is -0.880. The molecular weight excluding hydrogens is 518 g/mol. The summed E-state index contributed by atoms with van der Waals surface area (Å²) in [7, 11) is 0. The minimum atomic E-state index is -1.03. The molecule has 0 saturated carbocycles. The van der Waals surface area contributed by atoms with Gasteiger partial charge >= 0.3 is 11.9 Å². The molecule has 41 heavy (non-hydrogen) atoms. The van der Waals surface area contributed by atoms with Gasteiger partial charge in [0.25, 0.3) is 0 Å². The van der Waals surface area contributed by atoms with Crippen molar-refractivity contribution in [3.63, 3.8) is 0 Å². The fraction of sp³-hybridized carbons (Fsp3) is 0.853.